The molecule has 0 radical (unpaired) electrons. The highest BCUT2D eigenvalue weighted by molar-refractivity contribution is 5.14. The molecule has 10 heavy (non-hydrogen) atoms. The monoisotopic (exact) mass is 138 g/mol. The summed E-state index contributed by atoms with van der Waals surface area (Å²) in [6.45, 7) is 2.30. The van der Waals surface area contributed by atoms with E-state index in [1.165, 1.54) is 30.7 Å². The Morgan fingerprint density at radius 1 is 1.80 bits per heavy atom. The van der Waals surface area contributed by atoms with Gasteiger partial charge in [-0.2, -0.15) is 0 Å². The van der Waals surface area contributed by atoms with Crippen molar-refractivity contribution >= 4 is 0 Å². The normalized spacial score (nSPS) is 24.3. The number of fused-ring (bicyclic) bond motifs is 1. The first-order valence-corrected chi connectivity index (χ1v) is 3.87. The van der Waals surface area contributed by atoms with Crippen molar-refractivity contribution in [3.8, 4) is 0 Å². The largest absolute Gasteiger partial charge is 0.348 e. The Labute approximate surface area is 62.2 Å². The molecule has 1 atom stereocenters. The Kier molecular flexibility index (Phi) is 1.26. The summed E-state index contributed by atoms with van der Waals surface area (Å²) in [6, 6.07) is 0. The van der Waals surface area contributed by atoms with Gasteiger partial charge in [-0.3, -0.25) is 0 Å². The van der Waals surface area contributed by atoms with Crippen molar-refractivity contribution < 1.29 is 1.43 Å². The van der Waals surface area contributed by atoms with E-state index in [2.05, 4.69) is 16.9 Å². The van der Waals surface area contributed by atoms with Gasteiger partial charge in [-0.25, -0.2) is 4.98 Å². The van der Waals surface area contributed by atoms with Gasteiger partial charge < -0.3 is 4.98 Å². The lowest BCUT2D eigenvalue weighted by molar-refractivity contribution is 0.492. The number of rotatable bonds is 0. The smallest absolute Gasteiger partial charge is 0.0925 e. The van der Waals surface area contributed by atoms with Crippen LogP contribution in [0.25, 0.3) is 0 Å². The van der Waals surface area contributed by atoms with Gasteiger partial charge in [0.25, 0.3) is 0 Å². The molecular weight excluding hydrogens is 124 g/mol. The van der Waals surface area contributed by atoms with Gasteiger partial charge in [-0.05, 0) is 25.2 Å². The zero-order valence-corrected chi connectivity index (χ0v) is 6.22. The van der Waals surface area contributed by atoms with Gasteiger partial charge in [0.2, 0.25) is 0 Å². The van der Waals surface area contributed by atoms with E-state index in [0.29, 0.717) is 0 Å². The van der Waals surface area contributed by atoms with Crippen molar-refractivity contribution in [2.45, 2.75) is 26.2 Å². The lowest BCUT2D eigenvalue weighted by Crippen LogP contribution is -2.10. The molecule has 0 saturated heterocycles. The number of nitrogens with zero attached hydrogens (tertiary/aromatic N) is 1. The fourth-order valence-corrected chi connectivity index (χ4v) is 1.58. The molecule has 1 N–H and O–H groups in total. The number of imidazole rings is 1. The lowest BCUT2D eigenvalue weighted by atomic mass is 9.92. The van der Waals surface area contributed by atoms with Gasteiger partial charge in [0.05, 0.1) is 12.0 Å². The minimum Gasteiger partial charge on any atom is -0.348 e. The van der Waals surface area contributed by atoms with Crippen molar-refractivity contribution in [2.24, 2.45) is 5.92 Å². The predicted molar refractivity (Wildman–Crippen MR) is 41.9 cm³/mol. The SMILES string of the molecule is CC1CCc2nc[nH]c2C1.[HH]. The van der Waals surface area contributed by atoms with E-state index >= 15 is 0 Å². The number of hydrogen-bond acceptors (Lipinski definition) is 1. The molecule has 1 unspecified atom stereocenters. The lowest BCUT2D eigenvalue weighted by Gasteiger charge is -2.15. The van der Waals surface area contributed by atoms with Crippen LogP contribution in [-0.2, 0) is 12.8 Å². The van der Waals surface area contributed by atoms with Gasteiger partial charge >= 0.3 is 0 Å². The first kappa shape index (κ1) is 5.96. The molecular formula is C8H14N2. The summed E-state index contributed by atoms with van der Waals surface area (Å²) in [5.41, 5.74) is 2.65. The van der Waals surface area contributed by atoms with Crippen LogP contribution in [0.2, 0.25) is 0 Å². The Balaban J connectivity index is 0.000000605. The summed E-state index contributed by atoms with van der Waals surface area (Å²) in [5, 5.41) is 0. The molecule has 0 bridgehead atoms. The minimum atomic E-state index is 0. The third-order valence-electron chi connectivity index (χ3n) is 2.23. The van der Waals surface area contributed by atoms with E-state index < -0.39 is 0 Å². The highest BCUT2D eigenvalue weighted by Gasteiger charge is 2.15. The molecule has 0 amide bonds. The van der Waals surface area contributed by atoms with Gasteiger partial charge in [0.1, 0.15) is 0 Å². The molecule has 0 aliphatic heterocycles. The van der Waals surface area contributed by atoms with Crippen LogP contribution in [0.15, 0.2) is 6.33 Å². The maximum absolute atomic E-state index is 4.24. The average Bonchev–Trinajstić information content (AvgIpc) is 2.33. The second-order valence-corrected chi connectivity index (χ2v) is 3.18. The van der Waals surface area contributed by atoms with Crippen LogP contribution in [-0.4, -0.2) is 9.97 Å². The van der Waals surface area contributed by atoms with Crippen molar-refractivity contribution in [1.29, 1.82) is 0 Å². The van der Waals surface area contributed by atoms with Gasteiger partial charge in [-0.15, -0.1) is 0 Å². The van der Waals surface area contributed by atoms with E-state index in [1.54, 1.807) is 0 Å². The van der Waals surface area contributed by atoms with E-state index in [0.717, 1.165) is 5.92 Å². The summed E-state index contributed by atoms with van der Waals surface area (Å²) >= 11 is 0. The van der Waals surface area contributed by atoms with E-state index in [9.17, 15) is 0 Å². The summed E-state index contributed by atoms with van der Waals surface area (Å²) in [6.07, 6.45) is 5.47. The molecule has 0 fully saturated rings. The maximum atomic E-state index is 4.24. The summed E-state index contributed by atoms with van der Waals surface area (Å²) < 4.78 is 0. The van der Waals surface area contributed by atoms with Gasteiger partial charge in [0, 0.05) is 7.12 Å². The molecule has 0 aromatic carbocycles. The van der Waals surface area contributed by atoms with Crippen LogP contribution >= 0.6 is 0 Å². The molecule has 2 heteroatoms. The fourth-order valence-electron chi connectivity index (χ4n) is 1.58. The summed E-state index contributed by atoms with van der Waals surface area (Å²) in [5.74, 6) is 0.841. The molecule has 1 aromatic rings. The van der Waals surface area contributed by atoms with Crippen LogP contribution in [0.4, 0.5) is 0 Å². The quantitative estimate of drug-likeness (QED) is 0.581. The topological polar surface area (TPSA) is 28.7 Å². The first-order valence-electron chi connectivity index (χ1n) is 3.87. The Morgan fingerprint density at radius 2 is 2.70 bits per heavy atom. The molecule has 1 aliphatic carbocycles. The van der Waals surface area contributed by atoms with Crippen molar-refractivity contribution in [3.05, 3.63) is 17.7 Å². The number of H-pyrrole nitrogens is 1. The van der Waals surface area contributed by atoms with Crippen LogP contribution in [0.3, 0.4) is 0 Å². The molecule has 0 spiro atoms. The van der Waals surface area contributed by atoms with Crippen molar-refractivity contribution in [3.63, 3.8) is 0 Å². The Hall–Kier alpha value is -0.790. The number of aryl methyl sites for hydroxylation is 1. The van der Waals surface area contributed by atoms with Crippen LogP contribution in [0, 0.1) is 5.92 Å². The number of hydrogen-bond donors (Lipinski definition) is 1. The van der Waals surface area contributed by atoms with Crippen molar-refractivity contribution in [2.75, 3.05) is 0 Å². The number of nitrogens with one attached hydrogen (secondary N) is 1. The minimum absolute atomic E-state index is 0. The Morgan fingerprint density at radius 3 is 3.60 bits per heavy atom. The zero-order valence-electron chi connectivity index (χ0n) is 6.22. The molecule has 1 heterocycles. The molecule has 56 valence electrons. The predicted octanol–water partition coefficient (Wildman–Crippen LogP) is 1.78. The average molecular weight is 138 g/mol. The molecule has 1 aliphatic rings. The fraction of sp³-hybridized carbons (Fsp3) is 0.625. The van der Waals surface area contributed by atoms with E-state index in [4.69, 9.17) is 0 Å². The molecule has 1 aromatic heterocycles. The number of aromatic amines is 1. The zero-order chi connectivity index (χ0) is 6.97. The third kappa shape index (κ3) is 0.838. The number of aromatic nitrogens is 2. The highest BCUT2D eigenvalue weighted by atomic mass is 14.9. The van der Waals surface area contributed by atoms with E-state index in [1.807, 2.05) is 6.33 Å². The second kappa shape index (κ2) is 2.11. The van der Waals surface area contributed by atoms with Crippen LogP contribution < -0.4 is 0 Å². The highest BCUT2D eigenvalue weighted by Crippen LogP contribution is 2.21. The van der Waals surface area contributed by atoms with Crippen LogP contribution in [0.1, 0.15) is 26.2 Å². The molecule has 2 rings (SSSR count). The Bertz CT molecular complexity index is 232. The maximum Gasteiger partial charge on any atom is 0.0925 e. The summed E-state index contributed by atoms with van der Waals surface area (Å²) in [4.78, 5) is 7.41. The van der Waals surface area contributed by atoms with E-state index in [-0.39, 0.29) is 1.43 Å². The van der Waals surface area contributed by atoms with Crippen molar-refractivity contribution in [1.82, 2.24) is 9.97 Å². The molecule has 0 saturated carbocycles. The summed E-state index contributed by atoms with van der Waals surface area (Å²) in [7, 11) is 0. The third-order valence-corrected chi connectivity index (χ3v) is 2.23. The van der Waals surface area contributed by atoms with Crippen LogP contribution in [0.5, 0.6) is 0 Å². The van der Waals surface area contributed by atoms with Gasteiger partial charge in [-0.1, -0.05) is 6.92 Å². The standard InChI is InChI=1S/C8H12N2.H2/c1-6-2-3-7-8(4-6)10-5-9-7;/h5-6H,2-4H2,1H3,(H,9,10);1H. The molecule has 2 nitrogen and oxygen atoms in total. The second-order valence-electron chi connectivity index (χ2n) is 3.18. The first-order chi connectivity index (χ1) is 4.86. The van der Waals surface area contributed by atoms with Gasteiger partial charge in [0.15, 0.2) is 0 Å².